The van der Waals surface area contributed by atoms with Gasteiger partial charge in [-0.25, -0.2) is 0 Å². The van der Waals surface area contributed by atoms with Gasteiger partial charge in [-0.3, -0.25) is 4.79 Å². The van der Waals surface area contributed by atoms with Crippen molar-refractivity contribution in [2.24, 2.45) is 0 Å². The van der Waals surface area contributed by atoms with Gasteiger partial charge in [-0.15, -0.1) is 0 Å². The summed E-state index contributed by atoms with van der Waals surface area (Å²) in [4.78, 5) is 11.8. The van der Waals surface area contributed by atoms with Gasteiger partial charge in [-0.2, -0.15) is 0 Å². The maximum atomic E-state index is 11.8. The Hall–Kier alpha value is -1.07. The van der Waals surface area contributed by atoms with Crippen molar-refractivity contribution in [2.75, 3.05) is 13.1 Å². The van der Waals surface area contributed by atoms with Crippen molar-refractivity contribution in [3.63, 3.8) is 0 Å². The van der Waals surface area contributed by atoms with Crippen LogP contribution in [0.15, 0.2) is 28.7 Å². The molecule has 1 saturated heterocycles. The van der Waals surface area contributed by atoms with Crippen molar-refractivity contribution in [3.05, 3.63) is 28.7 Å². The van der Waals surface area contributed by atoms with Crippen LogP contribution in [0.5, 0.6) is 5.75 Å². The number of halogens is 1. The van der Waals surface area contributed by atoms with Gasteiger partial charge in [0.05, 0.1) is 12.6 Å². The number of nitrogens with one attached hydrogen (secondary N) is 2. The van der Waals surface area contributed by atoms with E-state index in [1.54, 1.807) is 0 Å². The van der Waals surface area contributed by atoms with Crippen LogP contribution in [0, 0.1) is 0 Å². The van der Waals surface area contributed by atoms with E-state index in [9.17, 15) is 4.79 Å². The Labute approximate surface area is 122 Å². The quantitative estimate of drug-likeness (QED) is 0.871. The Morgan fingerprint density at radius 2 is 2.26 bits per heavy atom. The summed E-state index contributed by atoms with van der Waals surface area (Å²) in [5.41, 5.74) is 0. The Balaban J connectivity index is 1.73. The van der Waals surface area contributed by atoms with E-state index in [-0.39, 0.29) is 18.1 Å². The summed E-state index contributed by atoms with van der Waals surface area (Å²) in [6.45, 7) is 3.40. The van der Waals surface area contributed by atoms with Gasteiger partial charge >= 0.3 is 0 Å². The maximum absolute atomic E-state index is 11.8. The van der Waals surface area contributed by atoms with Gasteiger partial charge in [0.2, 0.25) is 5.91 Å². The van der Waals surface area contributed by atoms with Crippen LogP contribution in [0.3, 0.4) is 0 Å². The summed E-state index contributed by atoms with van der Waals surface area (Å²) in [5, 5.41) is 6.10. The lowest BCUT2D eigenvalue weighted by molar-refractivity contribution is -0.123. The molecule has 5 heteroatoms. The third-order valence-corrected chi connectivity index (χ3v) is 3.62. The Bertz CT molecular complexity index is 416. The topological polar surface area (TPSA) is 50.4 Å². The van der Waals surface area contributed by atoms with E-state index < -0.39 is 0 Å². The van der Waals surface area contributed by atoms with Gasteiger partial charge in [0.15, 0.2) is 0 Å². The number of hydrogen-bond acceptors (Lipinski definition) is 3. The monoisotopic (exact) mass is 326 g/mol. The Kier molecular flexibility index (Phi) is 5.22. The highest BCUT2D eigenvalue weighted by molar-refractivity contribution is 9.10. The van der Waals surface area contributed by atoms with E-state index in [1.807, 2.05) is 31.2 Å². The minimum Gasteiger partial charge on any atom is -0.489 e. The highest BCUT2D eigenvalue weighted by atomic mass is 79.9. The van der Waals surface area contributed by atoms with Crippen molar-refractivity contribution in [1.82, 2.24) is 10.6 Å². The molecule has 0 bridgehead atoms. The third kappa shape index (κ3) is 4.51. The first-order chi connectivity index (χ1) is 9.15. The SMILES string of the molecule is CC(CNC(=O)C1CCCN1)Oc1ccc(Br)cc1. The molecule has 1 aromatic carbocycles. The molecule has 2 N–H and O–H groups in total. The largest absolute Gasteiger partial charge is 0.489 e. The second kappa shape index (κ2) is 6.91. The molecule has 1 aliphatic rings. The van der Waals surface area contributed by atoms with Crippen LogP contribution in [0.2, 0.25) is 0 Å². The molecule has 2 rings (SSSR count). The summed E-state index contributed by atoms with van der Waals surface area (Å²) in [6.07, 6.45) is 1.95. The summed E-state index contributed by atoms with van der Waals surface area (Å²) in [5.74, 6) is 0.882. The van der Waals surface area contributed by atoms with Gasteiger partial charge in [0.25, 0.3) is 0 Å². The average molecular weight is 327 g/mol. The van der Waals surface area contributed by atoms with Crippen LogP contribution in [-0.4, -0.2) is 31.1 Å². The van der Waals surface area contributed by atoms with Gasteiger partial charge in [0.1, 0.15) is 11.9 Å². The number of hydrogen-bond donors (Lipinski definition) is 2. The molecule has 0 aromatic heterocycles. The fourth-order valence-corrected chi connectivity index (χ4v) is 2.33. The first-order valence-corrected chi connectivity index (χ1v) is 7.38. The van der Waals surface area contributed by atoms with E-state index in [4.69, 9.17) is 4.74 Å². The molecular formula is C14H19BrN2O2. The zero-order valence-corrected chi connectivity index (χ0v) is 12.6. The second-order valence-corrected chi connectivity index (χ2v) is 5.69. The van der Waals surface area contributed by atoms with Crippen molar-refractivity contribution >= 4 is 21.8 Å². The molecule has 19 heavy (non-hydrogen) atoms. The van der Waals surface area contributed by atoms with Crippen LogP contribution in [0.1, 0.15) is 19.8 Å². The number of ether oxygens (including phenoxy) is 1. The average Bonchev–Trinajstić information content (AvgIpc) is 2.93. The van der Waals surface area contributed by atoms with E-state index in [1.165, 1.54) is 0 Å². The molecule has 0 saturated carbocycles. The van der Waals surface area contributed by atoms with Crippen molar-refractivity contribution in [3.8, 4) is 5.75 Å². The summed E-state index contributed by atoms with van der Waals surface area (Å²) >= 11 is 3.38. The normalized spacial score (nSPS) is 20.0. The molecule has 2 unspecified atom stereocenters. The lowest BCUT2D eigenvalue weighted by Crippen LogP contribution is -2.43. The molecule has 4 nitrogen and oxygen atoms in total. The first kappa shape index (κ1) is 14.3. The predicted octanol–water partition coefficient (Wildman–Crippen LogP) is 2.08. The summed E-state index contributed by atoms with van der Waals surface area (Å²) < 4.78 is 6.75. The van der Waals surface area contributed by atoms with E-state index in [0.717, 1.165) is 29.6 Å². The van der Waals surface area contributed by atoms with Gasteiger partial charge in [-0.05, 0) is 50.6 Å². The minimum absolute atomic E-state index is 0.0279. The fraction of sp³-hybridized carbons (Fsp3) is 0.500. The van der Waals surface area contributed by atoms with E-state index in [0.29, 0.717) is 6.54 Å². The molecule has 1 heterocycles. The minimum atomic E-state index is -0.0495. The third-order valence-electron chi connectivity index (χ3n) is 3.09. The molecule has 1 aromatic rings. The maximum Gasteiger partial charge on any atom is 0.237 e. The molecular weight excluding hydrogens is 308 g/mol. The number of benzene rings is 1. The Morgan fingerprint density at radius 3 is 2.89 bits per heavy atom. The lowest BCUT2D eigenvalue weighted by atomic mass is 10.2. The Morgan fingerprint density at radius 1 is 1.53 bits per heavy atom. The second-order valence-electron chi connectivity index (χ2n) is 4.78. The van der Waals surface area contributed by atoms with Crippen LogP contribution >= 0.6 is 15.9 Å². The fourth-order valence-electron chi connectivity index (χ4n) is 2.06. The molecule has 1 fully saturated rings. The number of carbonyl (C=O) groups is 1. The predicted molar refractivity (Wildman–Crippen MR) is 78.3 cm³/mol. The molecule has 1 aliphatic heterocycles. The molecule has 0 aliphatic carbocycles. The zero-order chi connectivity index (χ0) is 13.7. The van der Waals surface area contributed by atoms with Crippen LogP contribution < -0.4 is 15.4 Å². The number of amides is 1. The molecule has 1 amide bonds. The molecule has 104 valence electrons. The van der Waals surface area contributed by atoms with E-state index >= 15 is 0 Å². The highest BCUT2D eigenvalue weighted by Crippen LogP contribution is 2.17. The van der Waals surface area contributed by atoms with Crippen LogP contribution in [0.25, 0.3) is 0 Å². The molecule has 0 radical (unpaired) electrons. The smallest absolute Gasteiger partial charge is 0.237 e. The lowest BCUT2D eigenvalue weighted by Gasteiger charge is -2.17. The van der Waals surface area contributed by atoms with Crippen molar-refractivity contribution < 1.29 is 9.53 Å². The molecule has 2 atom stereocenters. The highest BCUT2D eigenvalue weighted by Gasteiger charge is 2.21. The summed E-state index contributed by atoms with van der Waals surface area (Å²) in [7, 11) is 0. The van der Waals surface area contributed by atoms with E-state index in [2.05, 4.69) is 26.6 Å². The number of rotatable bonds is 5. The van der Waals surface area contributed by atoms with Gasteiger partial charge in [0, 0.05) is 4.47 Å². The standard InChI is InChI=1S/C14H19BrN2O2/c1-10(19-12-6-4-11(15)5-7-12)9-17-14(18)13-3-2-8-16-13/h4-7,10,13,16H,2-3,8-9H2,1H3,(H,17,18). The molecule has 0 spiro atoms. The van der Waals surface area contributed by atoms with Crippen molar-refractivity contribution in [1.29, 1.82) is 0 Å². The first-order valence-electron chi connectivity index (χ1n) is 6.58. The summed E-state index contributed by atoms with van der Waals surface area (Å²) in [6, 6.07) is 7.65. The van der Waals surface area contributed by atoms with Gasteiger partial charge < -0.3 is 15.4 Å². The van der Waals surface area contributed by atoms with Crippen LogP contribution in [0.4, 0.5) is 0 Å². The van der Waals surface area contributed by atoms with Gasteiger partial charge in [-0.1, -0.05) is 15.9 Å². The van der Waals surface area contributed by atoms with Crippen molar-refractivity contribution in [2.45, 2.75) is 31.9 Å². The number of carbonyl (C=O) groups excluding carboxylic acids is 1. The zero-order valence-electron chi connectivity index (χ0n) is 11.0. The van der Waals surface area contributed by atoms with Crippen LogP contribution in [-0.2, 0) is 4.79 Å².